The van der Waals surface area contributed by atoms with Crippen molar-refractivity contribution in [1.29, 1.82) is 0 Å². The standard InChI is InChI=1S/C15H20N2S2/c1-2-5-12(4-1)15(14-6-3-9-19-14)16-8-7-13-10-18-11-17-13/h3,6,9-12,15-16H,1-2,4-5,7-8H2. The number of rotatable bonds is 6. The number of nitrogens with zero attached hydrogens (tertiary/aromatic N) is 1. The summed E-state index contributed by atoms with van der Waals surface area (Å²) >= 11 is 3.57. The molecule has 0 amide bonds. The van der Waals surface area contributed by atoms with Gasteiger partial charge in [0.25, 0.3) is 0 Å². The van der Waals surface area contributed by atoms with Gasteiger partial charge in [-0.15, -0.1) is 22.7 Å². The highest BCUT2D eigenvalue weighted by Gasteiger charge is 2.26. The largest absolute Gasteiger partial charge is 0.309 e. The minimum Gasteiger partial charge on any atom is -0.309 e. The van der Waals surface area contributed by atoms with Crippen LogP contribution in [0.3, 0.4) is 0 Å². The van der Waals surface area contributed by atoms with Crippen LogP contribution in [0.15, 0.2) is 28.4 Å². The maximum absolute atomic E-state index is 4.35. The van der Waals surface area contributed by atoms with Crippen molar-refractivity contribution in [3.05, 3.63) is 39.0 Å². The average molecular weight is 292 g/mol. The molecule has 1 atom stereocenters. The maximum atomic E-state index is 4.35. The van der Waals surface area contributed by atoms with Gasteiger partial charge < -0.3 is 5.32 Å². The first-order chi connectivity index (χ1) is 9.43. The molecular weight excluding hydrogens is 272 g/mol. The quantitative estimate of drug-likeness (QED) is 0.860. The molecule has 0 spiro atoms. The lowest BCUT2D eigenvalue weighted by Crippen LogP contribution is -2.28. The van der Waals surface area contributed by atoms with Crippen LogP contribution >= 0.6 is 22.7 Å². The number of thiophene rings is 1. The molecule has 3 rings (SSSR count). The van der Waals surface area contributed by atoms with E-state index in [0.29, 0.717) is 6.04 Å². The highest BCUT2D eigenvalue weighted by Crippen LogP contribution is 2.37. The Kier molecular flexibility index (Phi) is 4.64. The van der Waals surface area contributed by atoms with Crippen LogP contribution in [0, 0.1) is 5.92 Å². The van der Waals surface area contributed by atoms with Gasteiger partial charge in [0.2, 0.25) is 0 Å². The summed E-state index contributed by atoms with van der Waals surface area (Å²) in [6, 6.07) is 5.01. The third kappa shape index (κ3) is 3.44. The van der Waals surface area contributed by atoms with Crippen molar-refractivity contribution in [2.24, 2.45) is 5.92 Å². The van der Waals surface area contributed by atoms with Crippen molar-refractivity contribution in [2.75, 3.05) is 6.54 Å². The molecule has 1 aliphatic rings. The van der Waals surface area contributed by atoms with Crippen molar-refractivity contribution in [3.63, 3.8) is 0 Å². The van der Waals surface area contributed by atoms with Gasteiger partial charge in [-0.1, -0.05) is 18.9 Å². The van der Waals surface area contributed by atoms with Gasteiger partial charge in [0, 0.05) is 29.3 Å². The van der Waals surface area contributed by atoms with E-state index in [1.165, 1.54) is 36.3 Å². The van der Waals surface area contributed by atoms with Crippen molar-refractivity contribution in [1.82, 2.24) is 10.3 Å². The lowest BCUT2D eigenvalue weighted by Gasteiger charge is -2.23. The second-order valence-electron chi connectivity index (χ2n) is 5.22. The van der Waals surface area contributed by atoms with E-state index in [2.05, 4.69) is 33.2 Å². The molecule has 1 fully saturated rings. The van der Waals surface area contributed by atoms with Crippen LogP contribution in [-0.4, -0.2) is 11.5 Å². The molecule has 1 saturated carbocycles. The zero-order chi connectivity index (χ0) is 12.9. The molecule has 1 N–H and O–H groups in total. The third-order valence-electron chi connectivity index (χ3n) is 3.95. The van der Waals surface area contributed by atoms with Gasteiger partial charge in [-0.05, 0) is 30.2 Å². The second-order valence-corrected chi connectivity index (χ2v) is 6.92. The monoisotopic (exact) mass is 292 g/mol. The van der Waals surface area contributed by atoms with Gasteiger partial charge in [0.15, 0.2) is 0 Å². The molecule has 102 valence electrons. The lowest BCUT2D eigenvalue weighted by atomic mass is 9.96. The Morgan fingerprint density at radius 2 is 2.26 bits per heavy atom. The molecule has 2 heterocycles. The lowest BCUT2D eigenvalue weighted by molar-refractivity contribution is 0.374. The number of hydrogen-bond acceptors (Lipinski definition) is 4. The van der Waals surface area contributed by atoms with Crippen LogP contribution in [-0.2, 0) is 6.42 Å². The van der Waals surface area contributed by atoms with Gasteiger partial charge >= 0.3 is 0 Å². The van der Waals surface area contributed by atoms with Crippen molar-refractivity contribution < 1.29 is 0 Å². The predicted molar refractivity (Wildman–Crippen MR) is 82.8 cm³/mol. The average Bonchev–Trinajstić information content (AvgIpc) is 3.15. The molecule has 0 aromatic carbocycles. The van der Waals surface area contributed by atoms with Gasteiger partial charge in [-0.2, -0.15) is 0 Å². The summed E-state index contributed by atoms with van der Waals surface area (Å²) in [6.45, 7) is 1.03. The summed E-state index contributed by atoms with van der Waals surface area (Å²) in [6.07, 6.45) is 6.61. The number of aromatic nitrogens is 1. The second kappa shape index (κ2) is 6.64. The van der Waals surface area contributed by atoms with Crippen molar-refractivity contribution >= 4 is 22.7 Å². The zero-order valence-electron chi connectivity index (χ0n) is 11.0. The van der Waals surface area contributed by atoms with Gasteiger partial charge in [-0.25, -0.2) is 4.98 Å². The predicted octanol–water partition coefficient (Wildman–Crippen LogP) is 4.27. The Hall–Kier alpha value is -0.710. The Morgan fingerprint density at radius 3 is 2.95 bits per heavy atom. The summed E-state index contributed by atoms with van der Waals surface area (Å²) in [4.78, 5) is 5.86. The molecule has 4 heteroatoms. The number of nitrogens with one attached hydrogen (secondary N) is 1. The van der Waals surface area contributed by atoms with E-state index in [9.17, 15) is 0 Å². The SMILES string of the molecule is c1csc(C(NCCc2cscn2)C2CCCC2)c1. The summed E-state index contributed by atoms with van der Waals surface area (Å²) in [7, 11) is 0. The van der Waals surface area contributed by atoms with E-state index in [1.807, 2.05) is 16.8 Å². The van der Waals surface area contributed by atoms with E-state index < -0.39 is 0 Å². The van der Waals surface area contributed by atoms with E-state index in [1.54, 1.807) is 11.3 Å². The Bertz CT molecular complexity index is 458. The van der Waals surface area contributed by atoms with Gasteiger partial charge in [-0.3, -0.25) is 0 Å². The molecule has 1 aliphatic carbocycles. The molecule has 0 saturated heterocycles. The minimum absolute atomic E-state index is 0.557. The fourth-order valence-corrected chi connectivity index (χ4v) is 4.46. The zero-order valence-corrected chi connectivity index (χ0v) is 12.7. The van der Waals surface area contributed by atoms with Crippen LogP contribution in [0.5, 0.6) is 0 Å². The van der Waals surface area contributed by atoms with Crippen LogP contribution in [0.2, 0.25) is 0 Å². The van der Waals surface area contributed by atoms with Gasteiger partial charge in [0.05, 0.1) is 11.2 Å². The molecular formula is C15H20N2S2. The van der Waals surface area contributed by atoms with E-state index in [0.717, 1.165) is 18.9 Å². The molecule has 2 aromatic heterocycles. The third-order valence-corrected chi connectivity index (χ3v) is 5.54. The molecule has 2 nitrogen and oxygen atoms in total. The smallest absolute Gasteiger partial charge is 0.0794 e. The van der Waals surface area contributed by atoms with Crippen molar-refractivity contribution in [3.8, 4) is 0 Å². The Morgan fingerprint density at radius 1 is 1.37 bits per heavy atom. The highest BCUT2D eigenvalue weighted by molar-refractivity contribution is 7.10. The number of thiazole rings is 1. The first-order valence-electron chi connectivity index (χ1n) is 7.07. The molecule has 0 aliphatic heterocycles. The van der Waals surface area contributed by atoms with Crippen LogP contribution in [0.25, 0.3) is 0 Å². The van der Waals surface area contributed by atoms with E-state index in [4.69, 9.17) is 0 Å². The summed E-state index contributed by atoms with van der Waals surface area (Å²) in [5, 5.41) is 8.12. The van der Waals surface area contributed by atoms with E-state index in [-0.39, 0.29) is 0 Å². The Balaban J connectivity index is 1.59. The molecule has 0 bridgehead atoms. The fourth-order valence-electron chi connectivity index (χ4n) is 2.98. The molecule has 2 aromatic rings. The summed E-state index contributed by atoms with van der Waals surface area (Å²) in [5.74, 6) is 0.828. The topological polar surface area (TPSA) is 24.9 Å². The minimum atomic E-state index is 0.557. The maximum Gasteiger partial charge on any atom is 0.0794 e. The first-order valence-corrected chi connectivity index (χ1v) is 8.89. The Labute approximate surface area is 122 Å². The van der Waals surface area contributed by atoms with Crippen LogP contribution in [0.4, 0.5) is 0 Å². The normalized spacial score (nSPS) is 17.9. The molecule has 0 radical (unpaired) electrons. The first kappa shape index (κ1) is 13.3. The van der Waals surface area contributed by atoms with Crippen molar-refractivity contribution in [2.45, 2.75) is 38.1 Å². The summed E-state index contributed by atoms with van der Waals surface area (Å²) < 4.78 is 0. The summed E-state index contributed by atoms with van der Waals surface area (Å²) in [5.41, 5.74) is 3.14. The van der Waals surface area contributed by atoms with Gasteiger partial charge in [0.1, 0.15) is 0 Å². The van der Waals surface area contributed by atoms with Crippen LogP contribution < -0.4 is 5.32 Å². The fraction of sp³-hybridized carbons (Fsp3) is 0.533. The van der Waals surface area contributed by atoms with Crippen LogP contribution in [0.1, 0.15) is 42.3 Å². The number of hydrogen-bond donors (Lipinski definition) is 1. The molecule has 1 unspecified atom stereocenters. The molecule has 19 heavy (non-hydrogen) atoms. The van der Waals surface area contributed by atoms with E-state index >= 15 is 0 Å². The highest BCUT2D eigenvalue weighted by atomic mass is 32.1.